The summed E-state index contributed by atoms with van der Waals surface area (Å²) in [6.45, 7) is 6.98. The molecular weight excluding hydrogens is 226 g/mol. The van der Waals surface area contributed by atoms with Crippen molar-refractivity contribution in [1.29, 1.82) is 0 Å². The van der Waals surface area contributed by atoms with Crippen LogP contribution in [0, 0.1) is 5.92 Å². The summed E-state index contributed by atoms with van der Waals surface area (Å²) >= 11 is 0. The zero-order chi connectivity index (χ0) is 13.0. The number of aromatic nitrogens is 4. The smallest absolute Gasteiger partial charge is 0.0849 e. The predicted molar refractivity (Wildman–Crippen MR) is 71.1 cm³/mol. The summed E-state index contributed by atoms with van der Waals surface area (Å²) in [6.07, 6.45) is 3.95. The first-order valence-corrected chi connectivity index (χ1v) is 6.35. The molecule has 0 aliphatic heterocycles. The Morgan fingerprint density at radius 1 is 1.17 bits per heavy atom. The standard InChI is InChI=1S/C13H21N5/c1-11(2)8-14-9-12-5-7-18(16-12)10-13-4-6-17(3)15-13/h4-7,11,14H,8-10H2,1-3H3. The number of nitrogens with one attached hydrogen (secondary N) is 1. The first-order valence-electron chi connectivity index (χ1n) is 6.35. The summed E-state index contributed by atoms with van der Waals surface area (Å²) in [4.78, 5) is 0. The molecule has 0 spiro atoms. The monoisotopic (exact) mass is 247 g/mol. The molecule has 98 valence electrons. The minimum atomic E-state index is 0.667. The number of rotatable bonds is 6. The fourth-order valence-electron chi connectivity index (χ4n) is 1.79. The van der Waals surface area contributed by atoms with Gasteiger partial charge >= 0.3 is 0 Å². The lowest BCUT2D eigenvalue weighted by Gasteiger charge is -2.04. The first-order chi connectivity index (χ1) is 8.63. The molecule has 0 saturated carbocycles. The zero-order valence-electron chi connectivity index (χ0n) is 11.3. The van der Waals surface area contributed by atoms with Crippen molar-refractivity contribution < 1.29 is 0 Å². The second-order valence-corrected chi connectivity index (χ2v) is 5.01. The lowest BCUT2D eigenvalue weighted by molar-refractivity contribution is 0.542. The summed E-state index contributed by atoms with van der Waals surface area (Å²) in [5.41, 5.74) is 2.11. The highest BCUT2D eigenvalue weighted by Crippen LogP contribution is 2.01. The zero-order valence-corrected chi connectivity index (χ0v) is 11.3. The van der Waals surface area contributed by atoms with Gasteiger partial charge in [-0.3, -0.25) is 9.36 Å². The molecule has 0 unspecified atom stereocenters. The van der Waals surface area contributed by atoms with Gasteiger partial charge in [0.25, 0.3) is 0 Å². The van der Waals surface area contributed by atoms with Crippen molar-refractivity contribution in [2.45, 2.75) is 26.9 Å². The Hall–Kier alpha value is -1.62. The van der Waals surface area contributed by atoms with E-state index in [1.165, 1.54) is 0 Å². The molecule has 0 amide bonds. The Labute approximate surface area is 108 Å². The predicted octanol–water partition coefficient (Wildman–Crippen LogP) is 1.41. The molecule has 2 heterocycles. The molecule has 5 nitrogen and oxygen atoms in total. The summed E-state index contributed by atoms with van der Waals surface area (Å²) in [5.74, 6) is 0.667. The molecule has 2 aromatic heterocycles. The van der Waals surface area contributed by atoms with E-state index in [4.69, 9.17) is 0 Å². The Balaban J connectivity index is 1.86. The molecule has 0 fully saturated rings. The van der Waals surface area contributed by atoms with E-state index in [0.29, 0.717) is 5.92 Å². The van der Waals surface area contributed by atoms with Gasteiger partial charge in [0.2, 0.25) is 0 Å². The molecule has 2 rings (SSSR count). The van der Waals surface area contributed by atoms with Crippen LogP contribution >= 0.6 is 0 Å². The van der Waals surface area contributed by atoms with Crippen LogP contribution in [0.2, 0.25) is 0 Å². The highest BCUT2D eigenvalue weighted by molar-refractivity contribution is 5.03. The second-order valence-electron chi connectivity index (χ2n) is 5.01. The Bertz CT molecular complexity index is 483. The minimum Gasteiger partial charge on any atom is -0.311 e. The molecule has 0 saturated heterocycles. The van der Waals surface area contributed by atoms with Crippen molar-refractivity contribution >= 4 is 0 Å². The van der Waals surface area contributed by atoms with E-state index in [9.17, 15) is 0 Å². The SMILES string of the molecule is CC(C)CNCc1ccn(Cc2ccn(C)n2)n1. The second kappa shape index (κ2) is 5.82. The van der Waals surface area contributed by atoms with Gasteiger partial charge in [0.1, 0.15) is 0 Å². The van der Waals surface area contributed by atoms with Crippen LogP contribution in [-0.2, 0) is 20.1 Å². The van der Waals surface area contributed by atoms with Gasteiger partial charge in [-0.1, -0.05) is 13.8 Å². The molecule has 1 N–H and O–H groups in total. The van der Waals surface area contributed by atoms with Gasteiger partial charge in [-0.05, 0) is 24.6 Å². The fourth-order valence-corrected chi connectivity index (χ4v) is 1.79. The van der Waals surface area contributed by atoms with E-state index in [1.807, 2.05) is 34.9 Å². The summed E-state index contributed by atoms with van der Waals surface area (Å²) in [7, 11) is 1.92. The maximum Gasteiger partial charge on any atom is 0.0849 e. The lowest BCUT2D eigenvalue weighted by Crippen LogP contribution is -2.19. The average molecular weight is 247 g/mol. The van der Waals surface area contributed by atoms with Gasteiger partial charge in [0.05, 0.1) is 17.9 Å². The van der Waals surface area contributed by atoms with E-state index in [-0.39, 0.29) is 0 Å². The number of hydrogen-bond acceptors (Lipinski definition) is 3. The largest absolute Gasteiger partial charge is 0.311 e. The Kier molecular flexibility index (Phi) is 4.15. The van der Waals surface area contributed by atoms with Crippen LogP contribution in [0.3, 0.4) is 0 Å². The Morgan fingerprint density at radius 2 is 1.94 bits per heavy atom. The molecule has 0 aliphatic carbocycles. The maximum absolute atomic E-state index is 4.52. The van der Waals surface area contributed by atoms with Crippen molar-refractivity contribution in [3.63, 3.8) is 0 Å². The van der Waals surface area contributed by atoms with Crippen molar-refractivity contribution in [2.75, 3.05) is 6.54 Å². The quantitative estimate of drug-likeness (QED) is 0.839. The summed E-state index contributed by atoms with van der Waals surface area (Å²) < 4.78 is 3.73. The van der Waals surface area contributed by atoms with Gasteiger partial charge in [-0.2, -0.15) is 10.2 Å². The molecular formula is C13H21N5. The van der Waals surface area contributed by atoms with Gasteiger partial charge in [-0.25, -0.2) is 0 Å². The topological polar surface area (TPSA) is 47.7 Å². The van der Waals surface area contributed by atoms with Gasteiger partial charge in [-0.15, -0.1) is 0 Å². The molecule has 2 aromatic rings. The normalized spacial score (nSPS) is 11.3. The van der Waals surface area contributed by atoms with Gasteiger partial charge < -0.3 is 5.32 Å². The molecule has 0 aromatic carbocycles. The highest BCUT2D eigenvalue weighted by atomic mass is 15.3. The molecule has 0 bridgehead atoms. The van der Waals surface area contributed by atoms with E-state index in [1.54, 1.807) is 0 Å². The van der Waals surface area contributed by atoms with Crippen LogP contribution in [0.15, 0.2) is 24.5 Å². The minimum absolute atomic E-state index is 0.667. The van der Waals surface area contributed by atoms with Crippen molar-refractivity contribution in [3.8, 4) is 0 Å². The summed E-state index contributed by atoms with van der Waals surface area (Å²) in [6, 6.07) is 4.06. The number of hydrogen-bond donors (Lipinski definition) is 1. The van der Waals surface area contributed by atoms with E-state index >= 15 is 0 Å². The third kappa shape index (κ3) is 3.70. The third-order valence-corrected chi connectivity index (χ3v) is 2.65. The van der Waals surface area contributed by atoms with E-state index < -0.39 is 0 Å². The van der Waals surface area contributed by atoms with E-state index in [0.717, 1.165) is 31.0 Å². The van der Waals surface area contributed by atoms with Crippen LogP contribution in [-0.4, -0.2) is 26.1 Å². The highest BCUT2D eigenvalue weighted by Gasteiger charge is 2.02. The van der Waals surface area contributed by atoms with Crippen LogP contribution in [0.4, 0.5) is 0 Å². The van der Waals surface area contributed by atoms with Crippen LogP contribution < -0.4 is 5.32 Å². The molecule has 5 heteroatoms. The van der Waals surface area contributed by atoms with Gasteiger partial charge in [0, 0.05) is 26.0 Å². The van der Waals surface area contributed by atoms with Gasteiger partial charge in [0.15, 0.2) is 0 Å². The molecule has 0 atom stereocenters. The summed E-state index contributed by atoms with van der Waals surface area (Å²) in [5, 5.41) is 12.2. The third-order valence-electron chi connectivity index (χ3n) is 2.65. The first kappa shape index (κ1) is 12.8. The number of nitrogens with zero attached hydrogens (tertiary/aromatic N) is 4. The number of aryl methyl sites for hydroxylation is 1. The fraction of sp³-hybridized carbons (Fsp3) is 0.538. The molecule has 0 aliphatic rings. The van der Waals surface area contributed by atoms with Crippen LogP contribution in [0.1, 0.15) is 25.2 Å². The lowest BCUT2D eigenvalue weighted by atomic mass is 10.2. The van der Waals surface area contributed by atoms with Crippen molar-refractivity contribution in [1.82, 2.24) is 24.9 Å². The maximum atomic E-state index is 4.52. The van der Waals surface area contributed by atoms with Crippen molar-refractivity contribution in [2.24, 2.45) is 13.0 Å². The Morgan fingerprint density at radius 3 is 2.61 bits per heavy atom. The molecule has 0 radical (unpaired) electrons. The van der Waals surface area contributed by atoms with Crippen molar-refractivity contribution in [3.05, 3.63) is 35.9 Å². The molecule has 18 heavy (non-hydrogen) atoms. The van der Waals surface area contributed by atoms with Crippen LogP contribution in [0.5, 0.6) is 0 Å². The van der Waals surface area contributed by atoms with E-state index in [2.05, 4.69) is 35.4 Å². The average Bonchev–Trinajstić information content (AvgIpc) is 2.89. The van der Waals surface area contributed by atoms with Crippen LogP contribution in [0.25, 0.3) is 0 Å².